The van der Waals surface area contributed by atoms with Crippen LogP contribution in [0.1, 0.15) is 27.6 Å². The Labute approximate surface area is 96.1 Å². The van der Waals surface area contributed by atoms with Crippen LogP contribution < -0.4 is 0 Å². The molecule has 76 valence electrons. The van der Waals surface area contributed by atoms with Crippen molar-refractivity contribution in [1.29, 1.82) is 0 Å². The van der Waals surface area contributed by atoms with Crippen LogP contribution in [0.5, 0.6) is 0 Å². The number of halogens is 1. The van der Waals surface area contributed by atoms with Crippen LogP contribution in [0.2, 0.25) is 0 Å². The van der Waals surface area contributed by atoms with Gasteiger partial charge >= 0.3 is 0 Å². The van der Waals surface area contributed by atoms with Gasteiger partial charge in [-0.3, -0.25) is 9.59 Å². The lowest BCUT2D eigenvalue weighted by Gasteiger charge is -2.16. The van der Waals surface area contributed by atoms with Crippen molar-refractivity contribution in [3.05, 3.63) is 47.0 Å². The standard InChI is InChI=1S/C12H9BrO2/c1-7(13)10-6-11(14)8-4-2-3-5-9(8)12(10)15/h2-7H,1H3. The summed E-state index contributed by atoms with van der Waals surface area (Å²) < 4.78 is 0. The fourth-order valence-corrected chi connectivity index (χ4v) is 1.97. The molecule has 15 heavy (non-hydrogen) atoms. The normalized spacial score (nSPS) is 17.1. The van der Waals surface area contributed by atoms with Crippen LogP contribution in [-0.2, 0) is 0 Å². The summed E-state index contributed by atoms with van der Waals surface area (Å²) in [6.07, 6.45) is 1.42. The molecule has 1 aliphatic carbocycles. The van der Waals surface area contributed by atoms with E-state index in [1.165, 1.54) is 6.08 Å². The van der Waals surface area contributed by atoms with E-state index in [4.69, 9.17) is 0 Å². The second-order valence-electron chi connectivity index (χ2n) is 3.45. The average molecular weight is 265 g/mol. The molecule has 0 aliphatic heterocycles. The van der Waals surface area contributed by atoms with Gasteiger partial charge in [0, 0.05) is 21.5 Å². The Morgan fingerprint density at radius 1 is 1.13 bits per heavy atom. The Hall–Kier alpha value is -1.22. The molecule has 2 nitrogen and oxygen atoms in total. The number of hydrogen-bond acceptors (Lipinski definition) is 2. The van der Waals surface area contributed by atoms with Crippen LogP contribution >= 0.6 is 15.9 Å². The number of benzene rings is 1. The highest BCUT2D eigenvalue weighted by atomic mass is 79.9. The van der Waals surface area contributed by atoms with Crippen molar-refractivity contribution in [3.8, 4) is 0 Å². The number of hydrogen-bond donors (Lipinski definition) is 0. The zero-order valence-corrected chi connectivity index (χ0v) is 9.74. The third-order valence-electron chi connectivity index (χ3n) is 2.41. The Bertz CT molecular complexity index is 472. The maximum Gasteiger partial charge on any atom is 0.191 e. The molecule has 1 aliphatic rings. The first-order chi connectivity index (χ1) is 7.11. The zero-order valence-electron chi connectivity index (χ0n) is 8.16. The third-order valence-corrected chi connectivity index (χ3v) is 2.91. The van der Waals surface area contributed by atoms with E-state index in [0.29, 0.717) is 16.7 Å². The van der Waals surface area contributed by atoms with Gasteiger partial charge in [0.25, 0.3) is 0 Å². The highest BCUT2D eigenvalue weighted by Crippen LogP contribution is 2.25. The summed E-state index contributed by atoms with van der Waals surface area (Å²) >= 11 is 3.31. The average Bonchev–Trinajstić information content (AvgIpc) is 2.23. The molecule has 0 heterocycles. The van der Waals surface area contributed by atoms with Crippen molar-refractivity contribution in [2.24, 2.45) is 0 Å². The Kier molecular flexibility index (Phi) is 2.57. The number of allylic oxidation sites excluding steroid dienone is 2. The van der Waals surface area contributed by atoms with Gasteiger partial charge in [-0.15, -0.1) is 0 Å². The van der Waals surface area contributed by atoms with Crippen LogP contribution in [-0.4, -0.2) is 16.4 Å². The van der Waals surface area contributed by atoms with Gasteiger partial charge in [0.2, 0.25) is 0 Å². The molecule has 1 aromatic carbocycles. The second kappa shape index (κ2) is 3.74. The SMILES string of the molecule is CC(Br)C1=CC(=O)c2ccccc2C1=O. The molecule has 0 fully saturated rings. The summed E-state index contributed by atoms with van der Waals surface area (Å²) in [6.45, 7) is 1.84. The molecule has 0 radical (unpaired) electrons. The number of ketones is 2. The van der Waals surface area contributed by atoms with Gasteiger partial charge in [-0.05, 0) is 13.0 Å². The van der Waals surface area contributed by atoms with E-state index < -0.39 is 0 Å². The van der Waals surface area contributed by atoms with Crippen molar-refractivity contribution in [2.75, 3.05) is 0 Å². The molecule has 0 N–H and O–H groups in total. The summed E-state index contributed by atoms with van der Waals surface area (Å²) in [5, 5.41) is 0. The molecule has 1 unspecified atom stereocenters. The molecule has 0 aromatic heterocycles. The van der Waals surface area contributed by atoms with Crippen LogP contribution in [0.4, 0.5) is 0 Å². The lowest BCUT2D eigenvalue weighted by atomic mass is 9.88. The fraction of sp³-hybridized carbons (Fsp3) is 0.167. The van der Waals surface area contributed by atoms with Crippen LogP contribution in [0, 0.1) is 0 Å². The molecule has 0 amide bonds. The summed E-state index contributed by atoms with van der Waals surface area (Å²) in [5.41, 5.74) is 1.53. The zero-order chi connectivity index (χ0) is 11.0. The fourth-order valence-electron chi connectivity index (χ4n) is 1.63. The summed E-state index contributed by atoms with van der Waals surface area (Å²) in [4.78, 5) is 23.6. The van der Waals surface area contributed by atoms with Crippen LogP contribution in [0.25, 0.3) is 0 Å². The quantitative estimate of drug-likeness (QED) is 0.731. The molecule has 0 saturated carbocycles. The monoisotopic (exact) mass is 264 g/mol. The predicted octanol–water partition coefficient (Wildman–Crippen LogP) is 2.78. The number of Topliss-reactive ketones (excluding diaryl/α,β-unsaturated/α-hetero) is 1. The third kappa shape index (κ3) is 1.67. The van der Waals surface area contributed by atoms with Crippen molar-refractivity contribution in [1.82, 2.24) is 0 Å². The van der Waals surface area contributed by atoms with Gasteiger partial charge in [-0.25, -0.2) is 0 Å². The number of alkyl halides is 1. The molecular weight excluding hydrogens is 256 g/mol. The van der Waals surface area contributed by atoms with Crippen molar-refractivity contribution < 1.29 is 9.59 Å². The first-order valence-electron chi connectivity index (χ1n) is 4.65. The largest absolute Gasteiger partial charge is 0.289 e. The van der Waals surface area contributed by atoms with E-state index in [0.717, 1.165) is 0 Å². The van der Waals surface area contributed by atoms with Gasteiger partial charge < -0.3 is 0 Å². The van der Waals surface area contributed by atoms with E-state index >= 15 is 0 Å². The maximum absolute atomic E-state index is 12.0. The minimum Gasteiger partial charge on any atom is -0.289 e. The summed E-state index contributed by atoms with van der Waals surface area (Å²) in [7, 11) is 0. The van der Waals surface area contributed by atoms with Crippen LogP contribution in [0.3, 0.4) is 0 Å². The lowest BCUT2D eigenvalue weighted by Crippen LogP contribution is -2.20. The van der Waals surface area contributed by atoms with Crippen molar-refractivity contribution in [3.63, 3.8) is 0 Å². The Balaban J connectivity index is 2.59. The lowest BCUT2D eigenvalue weighted by molar-refractivity contribution is 0.0983. The van der Waals surface area contributed by atoms with E-state index in [1.807, 2.05) is 6.92 Å². The number of carbonyl (C=O) groups excluding carboxylic acids is 2. The van der Waals surface area contributed by atoms with Crippen molar-refractivity contribution >= 4 is 27.5 Å². The number of carbonyl (C=O) groups is 2. The molecule has 1 aromatic rings. The highest BCUT2D eigenvalue weighted by Gasteiger charge is 2.26. The Morgan fingerprint density at radius 3 is 2.33 bits per heavy atom. The number of rotatable bonds is 1. The molecular formula is C12H9BrO2. The predicted molar refractivity (Wildman–Crippen MR) is 61.6 cm³/mol. The summed E-state index contributed by atoms with van der Waals surface area (Å²) in [5.74, 6) is -0.152. The van der Waals surface area contributed by atoms with Crippen LogP contribution in [0.15, 0.2) is 35.9 Å². The van der Waals surface area contributed by atoms with Gasteiger partial charge in [0.15, 0.2) is 11.6 Å². The summed E-state index contributed by atoms with van der Waals surface area (Å²) in [6, 6.07) is 6.91. The molecule has 2 rings (SSSR count). The first-order valence-corrected chi connectivity index (χ1v) is 5.56. The molecule has 0 spiro atoms. The van der Waals surface area contributed by atoms with E-state index in [1.54, 1.807) is 24.3 Å². The topological polar surface area (TPSA) is 34.1 Å². The van der Waals surface area contributed by atoms with Gasteiger partial charge in [0.05, 0.1) is 0 Å². The van der Waals surface area contributed by atoms with Crippen molar-refractivity contribution in [2.45, 2.75) is 11.8 Å². The molecule has 3 heteroatoms. The number of fused-ring (bicyclic) bond motifs is 1. The van der Waals surface area contributed by atoms with E-state index in [2.05, 4.69) is 15.9 Å². The van der Waals surface area contributed by atoms with Gasteiger partial charge in [0.1, 0.15) is 0 Å². The maximum atomic E-state index is 12.0. The highest BCUT2D eigenvalue weighted by molar-refractivity contribution is 9.09. The Morgan fingerprint density at radius 2 is 1.73 bits per heavy atom. The van der Waals surface area contributed by atoms with Gasteiger partial charge in [-0.2, -0.15) is 0 Å². The molecule has 0 bridgehead atoms. The van der Waals surface area contributed by atoms with E-state index in [9.17, 15) is 9.59 Å². The second-order valence-corrected chi connectivity index (χ2v) is 4.83. The molecule has 1 atom stereocenters. The minimum atomic E-state index is -0.0951. The van der Waals surface area contributed by atoms with E-state index in [-0.39, 0.29) is 16.4 Å². The smallest absolute Gasteiger partial charge is 0.191 e. The molecule has 0 saturated heterocycles. The minimum absolute atomic E-state index is 0.0606. The van der Waals surface area contributed by atoms with Gasteiger partial charge in [-0.1, -0.05) is 40.2 Å². The first kappa shape index (κ1) is 10.3.